The molecule has 38 heavy (non-hydrogen) atoms. The quantitative estimate of drug-likeness (QED) is 0.315. The molecule has 1 aromatic heterocycles. The van der Waals surface area contributed by atoms with Crippen LogP contribution in [0.15, 0.2) is 36.5 Å². The van der Waals surface area contributed by atoms with Crippen molar-refractivity contribution in [3.8, 4) is 17.6 Å². The Kier molecular flexibility index (Phi) is 8.87. The van der Waals surface area contributed by atoms with Gasteiger partial charge in [0.05, 0.1) is 31.3 Å². The Morgan fingerprint density at radius 2 is 1.82 bits per heavy atom. The number of aromatic nitrogens is 1. The maximum absolute atomic E-state index is 15.7. The Labute approximate surface area is 219 Å². The lowest BCUT2D eigenvalue weighted by molar-refractivity contribution is 0.0343. The van der Waals surface area contributed by atoms with Gasteiger partial charge in [-0.2, -0.15) is 0 Å². The summed E-state index contributed by atoms with van der Waals surface area (Å²) in [4.78, 5) is 6.32. The number of likely N-dealkylation sites (tertiary alicyclic amines) is 1. The van der Waals surface area contributed by atoms with Crippen molar-refractivity contribution >= 4 is 10.9 Å². The van der Waals surface area contributed by atoms with Gasteiger partial charge in [0, 0.05) is 41.4 Å². The lowest BCUT2D eigenvalue weighted by Gasteiger charge is -2.40. The van der Waals surface area contributed by atoms with Crippen molar-refractivity contribution < 1.29 is 32.5 Å². The lowest BCUT2D eigenvalue weighted by Crippen LogP contribution is -2.42. The minimum atomic E-state index is -1.37. The third-order valence-corrected chi connectivity index (χ3v) is 7.39. The molecule has 202 valence electrons. The molecule has 4 rings (SSSR count). The van der Waals surface area contributed by atoms with Crippen molar-refractivity contribution in [2.24, 2.45) is 5.41 Å². The van der Waals surface area contributed by atoms with E-state index < -0.39 is 34.6 Å². The molecular weight excluding hydrogens is 500 g/mol. The Balaban J connectivity index is 1.40. The molecule has 2 N–H and O–H groups in total. The standard InChI is InChI=1S/C29H30F4N2O3/c1-38-21-4-5-27-23(15-21)28(19(17-36)16-34-27)24(31)6-7-29(18-37)8-11-35(12-9-29)10-2-3-22-25(32)13-20(30)14-26(22)33/h4-5,13-16,24,36-37H,6-12,17-18H2,1H3/t24-/m1/s1. The number of pyridine rings is 1. The predicted molar refractivity (Wildman–Crippen MR) is 136 cm³/mol. The number of hydrogen-bond donors (Lipinski definition) is 2. The van der Waals surface area contributed by atoms with Crippen molar-refractivity contribution in [2.45, 2.75) is 38.5 Å². The van der Waals surface area contributed by atoms with E-state index in [1.807, 2.05) is 4.90 Å². The first-order chi connectivity index (χ1) is 18.3. The van der Waals surface area contributed by atoms with Crippen LogP contribution in [0.25, 0.3) is 10.9 Å². The number of rotatable bonds is 8. The van der Waals surface area contributed by atoms with Crippen LogP contribution in [0, 0.1) is 34.7 Å². The molecule has 1 atom stereocenters. The fourth-order valence-corrected chi connectivity index (χ4v) is 5.01. The van der Waals surface area contributed by atoms with E-state index in [9.17, 15) is 23.4 Å². The van der Waals surface area contributed by atoms with Gasteiger partial charge in [-0.15, -0.1) is 0 Å². The molecule has 2 heterocycles. The number of halogens is 4. The first-order valence-corrected chi connectivity index (χ1v) is 12.5. The van der Waals surface area contributed by atoms with Gasteiger partial charge in [-0.05, 0) is 62.4 Å². The van der Waals surface area contributed by atoms with Gasteiger partial charge in [-0.3, -0.25) is 9.88 Å². The topological polar surface area (TPSA) is 65.8 Å². The van der Waals surface area contributed by atoms with E-state index in [-0.39, 0.29) is 26.2 Å². The molecule has 3 aromatic rings. The van der Waals surface area contributed by atoms with E-state index in [0.717, 1.165) is 0 Å². The predicted octanol–water partition coefficient (Wildman–Crippen LogP) is 5.07. The summed E-state index contributed by atoms with van der Waals surface area (Å²) in [6, 6.07) is 6.40. The number of aliphatic hydroxyl groups is 2. The molecule has 1 aliphatic rings. The SMILES string of the molecule is COc1ccc2ncc(CO)c([C@H](F)CCC3(CO)CCN(CC#Cc4c(F)cc(F)cc4F)CC3)c2c1. The second-order valence-electron chi connectivity index (χ2n) is 9.72. The van der Waals surface area contributed by atoms with Crippen LogP contribution in [0.3, 0.4) is 0 Å². The molecule has 1 fully saturated rings. The summed E-state index contributed by atoms with van der Waals surface area (Å²) in [6.07, 6.45) is 1.93. The van der Waals surface area contributed by atoms with E-state index in [1.165, 1.54) is 13.3 Å². The van der Waals surface area contributed by atoms with E-state index in [1.54, 1.807) is 18.2 Å². The van der Waals surface area contributed by atoms with Crippen LogP contribution in [0.5, 0.6) is 5.75 Å². The lowest BCUT2D eigenvalue weighted by atomic mass is 9.74. The highest BCUT2D eigenvalue weighted by Gasteiger charge is 2.35. The van der Waals surface area contributed by atoms with Gasteiger partial charge in [0.25, 0.3) is 0 Å². The summed E-state index contributed by atoms with van der Waals surface area (Å²) >= 11 is 0. The van der Waals surface area contributed by atoms with Crippen molar-refractivity contribution in [1.82, 2.24) is 9.88 Å². The Bertz CT molecular complexity index is 1320. The van der Waals surface area contributed by atoms with Gasteiger partial charge in [0.1, 0.15) is 29.4 Å². The molecule has 0 saturated carbocycles. The first kappa shape index (κ1) is 27.8. The molecule has 0 spiro atoms. The highest BCUT2D eigenvalue weighted by atomic mass is 19.1. The monoisotopic (exact) mass is 530 g/mol. The van der Waals surface area contributed by atoms with Gasteiger partial charge in [0.15, 0.2) is 0 Å². The maximum atomic E-state index is 15.7. The fraction of sp³-hybridized carbons (Fsp3) is 0.414. The van der Waals surface area contributed by atoms with Crippen LogP contribution < -0.4 is 4.74 Å². The maximum Gasteiger partial charge on any atom is 0.144 e. The van der Waals surface area contributed by atoms with Crippen molar-refractivity contribution in [2.75, 3.05) is 33.4 Å². The summed E-state index contributed by atoms with van der Waals surface area (Å²) in [5.41, 5.74) is 0.470. The van der Waals surface area contributed by atoms with Crippen molar-refractivity contribution in [1.29, 1.82) is 0 Å². The molecule has 0 bridgehead atoms. The first-order valence-electron chi connectivity index (χ1n) is 12.5. The van der Waals surface area contributed by atoms with E-state index in [4.69, 9.17) is 4.74 Å². The fourth-order valence-electron chi connectivity index (χ4n) is 5.01. The molecule has 0 amide bonds. The minimum absolute atomic E-state index is 0.0942. The molecule has 2 aromatic carbocycles. The number of piperidine rings is 1. The summed E-state index contributed by atoms with van der Waals surface area (Å²) < 4.78 is 61.7. The number of benzene rings is 2. The van der Waals surface area contributed by atoms with Crippen LogP contribution in [0.4, 0.5) is 17.6 Å². The number of ether oxygens (including phenoxy) is 1. The Hall–Kier alpha value is -3.19. The summed E-state index contributed by atoms with van der Waals surface area (Å²) in [5.74, 6) is 2.66. The molecule has 1 aliphatic heterocycles. The number of alkyl halides is 1. The molecule has 9 heteroatoms. The number of nitrogens with zero attached hydrogens (tertiary/aromatic N) is 2. The summed E-state index contributed by atoms with van der Waals surface area (Å²) in [6.45, 7) is 0.982. The third-order valence-electron chi connectivity index (χ3n) is 7.39. The molecule has 0 aliphatic carbocycles. The van der Waals surface area contributed by atoms with Crippen LogP contribution in [-0.4, -0.2) is 53.4 Å². The van der Waals surface area contributed by atoms with Crippen LogP contribution >= 0.6 is 0 Å². The van der Waals surface area contributed by atoms with Crippen molar-refractivity contribution in [3.63, 3.8) is 0 Å². The number of aliphatic hydroxyl groups excluding tert-OH is 2. The van der Waals surface area contributed by atoms with E-state index in [0.29, 0.717) is 72.3 Å². The molecule has 0 radical (unpaired) electrons. The number of hydrogen-bond acceptors (Lipinski definition) is 5. The average Bonchev–Trinajstić information content (AvgIpc) is 2.92. The van der Waals surface area contributed by atoms with Crippen molar-refractivity contribution in [3.05, 3.63) is 70.7 Å². The normalized spacial score (nSPS) is 16.2. The average molecular weight is 531 g/mol. The Morgan fingerprint density at radius 3 is 2.45 bits per heavy atom. The van der Waals surface area contributed by atoms with E-state index >= 15 is 4.39 Å². The van der Waals surface area contributed by atoms with Gasteiger partial charge < -0.3 is 14.9 Å². The van der Waals surface area contributed by atoms with Crippen LogP contribution in [0.2, 0.25) is 0 Å². The van der Waals surface area contributed by atoms with Gasteiger partial charge in [-0.25, -0.2) is 17.6 Å². The van der Waals surface area contributed by atoms with Gasteiger partial charge >= 0.3 is 0 Å². The Morgan fingerprint density at radius 1 is 1.11 bits per heavy atom. The second kappa shape index (κ2) is 12.1. The highest BCUT2D eigenvalue weighted by Crippen LogP contribution is 2.41. The smallest absolute Gasteiger partial charge is 0.144 e. The zero-order valence-corrected chi connectivity index (χ0v) is 21.1. The third kappa shape index (κ3) is 6.09. The van der Waals surface area contributed by atoms with E-state index in [2.05, 4.69) is 16.8 Å². The highest BCUT2D eigenvalue weighted by molar-refractivity contribution is 5.85. The van der Waals surface area contributed by atoms with Crippen LogP contribution in [0.1, 0.15) is 48.5 Å². The largest absolute Gasteiger partial charge is 0.497 e. The molecular formula is C29H30F4N2O3. The number of methoxy groups -OCH3 is 1. The molecule has 0 unspecified atom stereocenters. The van der Waals surface area contributed by atoms with Gasteiger partial charge in [-0.1, -0.05) is 11.8 Å². The molecule has 5 nitrogen and oxygen atoms in total. The molecule has 1 saturated heterocycles. The second-order valence-corrected chi connectivity index (χ2v) is 9.72. The zero-order valence-electron chi connectivity index (χ0n) is 21.1. The van der Waals surface area contributed by atoms with Crippen LogP contribution in [-0.2, 0) is 6.61 Å². The summed E-state index contributed by atoms with van der Waals surface area (Å²) in [5, 5.41) is 20.6. The number of fused-ring (bicyclic) bond motifs is 1. The van der Waals surface area contributed by atoms with Gasteiger partial charge in [0.2, 0.25) is 0 Å². The zero-order chi connectivity index (χ0) is 27.3. The summed E-state index contributed by atoms with van der Waals surface area (Å²) in [7, 11) is 1.53. The minimum Gasteiger partial charge on any atom is -0.497 e.